The first-order chi connectivity index (χ1) is 15.5. The Morgan fingerprint density at radius 3 is 2.34 bits per heavy atom. The summed E-state index contributed by atoms with van der Waals surface area (Å²) < 4.78 is 6.21. The number of nitrogens with one attached hydrogen (secondary N) is 2. The third-order valence-electron chi connectivity index (χ3n) is 5.28. The largest absolute Gasteiger partial charge is 0.451 e. The van der Waals surface area contributed by atoms with Gasteiger partial charge in [-0.2, -0.15) is 9.78 Å². The fourth-order valence-electron chi connectivity index (χ4n) is 3.74. The molecule has 2 N–H and O–H groups in total. The van der Waals surface area contributed by atoms with Crippen LogP contribution in [0.15, 0.2) is 59.4 Å². The van der Waals surface area contributed by atoms with Gasteiger partial charge in [0.15, 0.2) is 12.3 Å². The standard InChI is InChI=1S/C23H22N4O5/c28-19(25-23(31)24-15-8-4-5-9-15)14-32-22(30)20-17-12-6-7-13-18(17)21(29)27(26-20)16-10-2-1-3-11-16/h1-3,6-7,10-13,15H,4-5,8-9,14H2,(H2,24,25,28,31). The highest BCUT2D eigenvalue weighted by Gasteiger charge is 2.21. The minimum absolute atomic E-state index is 0.0555. The van der Waals surface area contributed by atoms with Crippen molar-refractivity contribution in [3.8, 4) is 5.69 Å². The molecule has 164 valence electrons. The lowest BCUT2D eigenvalue weighted by molar-refractivity contribution is -0.123. The van der Waals surface area contributed by atoms with Crippen LogP contribution in [0.1, 0.15) is 36.2 Å². The Balaban J connectivity index is 1.50. The van der Waals surface area contributed by atoms with Crippen molar-refractivity contribution >= 4 is 28.7 Å². The van der Waals surface area contributed by atoms with Crippen molar-refractivity contribution in [1.29, 1.82) is 0 Å². The number of hydrogen-bond donors (Lipinski definition) is 2. The minimum atomic E-state index is -0.878. The summed E-state index contributed by atoms with van der Waals surface area (Å²) in [5.74, 6) is -1.63. The van der Waals surface area contributed by atoms with Crippen LogP contribution in [-0.4, -0.2) is 40.3 Å². The zero-order chi connectivity index (χ0) is 22.5. The zero-order valence-electron chi connectivity index (χ0n) is 17.2. The van der Waals surface area contributed by atoms with Crippen LogP contribution in [-0.2, 0) is 9.53 Å². The molecule has 0 spiro atoms. The summed E-state index contributed by atoms with van der Waals surface area (Å²) in [5.41, 5.74) is -0.00410. The number of amides is 3. The summed E-state index contributed by atoms with van der Waals surface area (Å²) in [7, 11) is 0. The molecule has 1 fully saturated rings. The van der Waals surface area contributed by atoms with E-state index in [1.54, 1.807) is 54.6 Å². The summed E-state index contributed by atoms with van der Waals surface area (Å²) in [4.78, 5) is 49.6. The summed E-state index contributed by atoms with van der Waals surface area (Å²) >= 11 is 0. The van der Waals surface area contributed by atoms with Crippen molar-refractivity contribution in [1.82, 2.24) is 20.4 Å². The van der Waals surface area contributed by atoms with E-state index in [4.69, 9.17) is 4.74 Å². The third-order valence-corrected chi connectivity index (χ3v) is 5.28. The molecular formula is C23H22N4O5. The van der Waals surface area contributed by atoms with Gasteiger partial charge in [0, 0.05) is 11.4 Å². The molecular weight excluding hydrogens is 412 g/mol. The van der Waals surface area contributed by atoms with Gasteiger partial charge in [-0.25, -0.2) is 9.59 Å². The molecule has 0 unspecified atom stereocenters. The number of esters is 1. The van der Waals surface area contributed by atoms with Gasteiger partial charge in [0.1, 0.15) is 0 Å². The summed E-state index contributed by atoms with van der Waals surface area (Å²) in [6.07, 6.45) is 3.85. The van der Waals surface area contributed by atoms with Gasteiger partial charge in [0.05, 0.1) is 11.1 Å². The molecule has 4 rings (SSSR count). The summed E-state index contributed by atoms with van der Waals surface area (Å²) in [6.45, 7) is -0.655. The molecule has 1 heterocycles. The normalized spacial score (nSPS) is 13.6. The quantitative estimate of drug-likeness (QED) is 0.595. The van der Waals surface area contributed by atoms with Crippen LogP contribution in [0.4, 0.5) is 4.79 Å². The highest BCUT2D eigenvalue weighted by atomic mass is 16.5. The van der Waals surface area contributed by atoms with Crippen molar-refractivity contribution in [2.45, 2.75) is 31.7 Å². The molecule has 1 saturated carbocycles. The highest BCUT2D eigenvalue weighted by molar-refractivity contribution is 6.03. The Kier molecular flexibility index (Phi) is 6.25. The lowest BCUT2D eigenvalue weighted by Crippen LogP contribution is -2.45. The predicted octanol–water partition coefficient (Wildman–Crippen LogP) is 2.31. The molecule has 9 heteroatoms. The smallest absolute Gasteiger partial charge is 0.359 e. The second-order valence-corrected chi connectivity index (χ2v) is 7.53. The van der Waals surface area contributed by atoms with Gasteiger partial charge in [-0.1, -0.05) is 49.2 Å². The van der Waals surface area contributed by atoms with Crippen LogP contribution in [0.5, 0.6) is 0 Å². The van der Waals surface area contributed by atoms with Crippen molar-refractivity contribution in [3.63, 3.8) is 0 Å². The van der Waals surface area contributed by atoms with Crippen LogP contribution in [0.3, 0.4) is 0 Å². The first-order valence-corrected chi connectivity index (χ1v) is 10.4. The molecule has 9 nitrogen and oxygen atoms in total. The van der Waals surface area contributed by atoms with E-state index in [0.29, 0.717) is 16.5 Å². The molecule has 0 atom stereocenters. The van der Waals surface area contributed by atoms with Gasteiger partial charge >= 0.3 is 12.0 Å². The third kappa shape index (κ3) is 4.66. The van der Waals surface area contributed by atoms with E-state index >= 15 is 0 Å². The number of carbonyl (C=O) groups is 3. The van der Waals surface area contributed by atoms with E-state index in [9.17, 15) is 19.2 Å². The van der Waals surface area contributed by atoms with Crippen LogP contribution >= 0.6 is 0 Å². The second-order valence-electron chi connectivity index (χ2n) is 7.53. The molecule has 3 amide bonds. The number of ether oxygens (including phenoxy) is 1. The maximum absolute atomic E-state index is 12.9. The van der Waals surface area contributed by atoms with Crippen molar-refractivity contribution in [2.24, 2.45) is 0 Å². The first kappa shape index (κ1) is 21.2. The lowest BCUT2D eigenvalue weighted by atomic mass is 10.1. The van der Waals surface area contributed by atoms with E-state index in [0.717, 1.165) is 30.4 Å². The van der Waals surface area contributed by atoms with Crippen LogP contribution in [0, 0.1) is 0 Å². The van der Waals surface area contributed by atoms with Gasteiger partial charge in [0.2, 0.25) is 0 Å². The molecule has 0 aliphatic heterocycles. The molecule has 32 heavy (non-hydrogen) atoms. The van der Waals surface area contributed by atoms with Gasteiger partial charge in [-0.3, -0.25) is 14.9 Å². The molecule has 1 aliphatic rings. The van der Waals surface area contributed by atoms with E-state index in [1.165, 1.54) is 0 Å². The maximum Gasteiger partial charge on any atom is 0.359 e. The fourth-order valence-corrected chi connectivity index (χ4v) is 3.74. The minimum Gasteiger partial charge on any atom is -0.451 e. The Morgan fingerprint density at radius 1 is 0.969 bits per heavy atom. The van der Waals surface area contributed by atoms with Gasteiger partial charge in [-0.15, -0.1) is 0 Å². The van der Waals surface area contributed by atoms with Crippen LogP contribution in [0.25, 0.3) is 16.5 Å². The summed E-state index contributed by atoms with van der Waals surface area (Å²) in [6, 6.07) is 14.7. The Labute approximate surface area is 183 Å². The molecule has 0 saturated heterocycles. The number of rotatable bonds is 5. The van der Waals surface area contributed by atoms with E-state index < -0.39 is 24.5 Å². The lowest BCUT2D eigenvalue weighted by Gasteiger charge is -2.13. The Hall–Kier alpha value is -4.01. The van der Waals surface area contributed by atoms with Crippen molar-refractivity contribution < 1.29 is 19.1 Å². The molecule has 0 radical (unpaired) electrons. The van der Waals surface area contributed by atoms with E-state index in [1.807, 2.05) is 0 Å². The molecule has 3 aromatic rings. The monoisotopic (exact) mass is 434 g/mol. The Morgan fingerprint density at radius 2 is 1.62 bits per heavy atom. The molecule has 0 bridgehead atoms. The van der Waals surface area contributed by atoms with Crippen molar-refractivity contribution in [3.05, 3.63) is 70.6 Å². The first-order valence-electron chi connectivity index (χ1n) is 10.4. The van der Waals surface area contributed by atoms with Crippen LogP contribution in [0.2, 0.25) is 0 Å². The Bertz CT molecular complexity index is 1220. The number of aromatic nitrogens is 2. The van der Waals surface area contributed by atoms with E-state index in [-0.39, 0.29) is 17.3 Å². The fraction of sp³-hybridized carbons (Fsp3) is 0.261. The van der Waals surface area contributed by atoms with Crippen molar-refractivity contribution in [2.75, 3.05) is 6.61 Å². The number of imide groups is 1. The van der Waals surface area contributed by atoms with Crippen LogP contribution < -0.4 is 16.2 Å². The molecule has 1 aromatic heterocycles. The number of benzene rings is 2. The number of fused-ring (bicyclic) bond motifs is 1. The van der Waals surface area contributed by atoms with Gasteiger partial charge in [0.25, 0.3) is 11.5 Å². The number of hydrogen-bond acceptors (Lipinski definition) is 6. The predicted molar refractivity (Wildman–Crippen MR) is 117 cm³/mol. The number of carbonyl (C=O) groups excluding carboxylic acids is 3. The number of para-hydroxylation sites is 1. The average molecular weight is 434 g/mol. The van der Waals surface area contributed by atoms with E-state index in [2.05, 4.69) is 15.7 Å². The summed E-state index contributed by atoms with van der Waals surface area (Å²) in [5, 5.41) is 9.68. The topological polar surface area (TPSA) is 119 Å². The highest BCUT2D eigenvalue weighted by Crippen LogP contribution is 2.17. The zero-order valence-corrected chi connectivity index (χ0v) is 17.2. The number of urea groups is 1. The van der Waals surface area contributed by atoms with Gasteiger partial charge in [-0.05, 0) is 31.0 Å². The molecule has 2 aromatic carbocycles. The van der Waals surface area contributed by atoms with Gasteiger partial charge < -0.3 is 10.1 Å². The SMILES string of the molecule is O=C(COC(=O)c1nn(-c2ccccc2)c(=O)c2ccccc12)NC(=O)NC1CCCC1. The number of nitrogens with zero attached hydrogens (tertiary/aromatic N) is 2. The molecule has 1 aliphatic carbocycles. The maximum atomic E-state index is 12.9. The average Bonchev–Trinajstić information content (AvgIpc) is 3.31. The second kappa shape index (κ2) is 9.42.